The van der Waals surface area contributed by atoms with Gasteiger partial charge in [-0.1, -0.05) is 36.4 Å². The number of nitrogens with one attached hydrogen (secondary N) is 1. The lowest BCUT2D eigenvalue weighted by atomic mass is 9.84. The molecule has 22 heavy (non-hydrogen) atoms. The maximum Gasteiger partial charge on any atom is 0.334 e. The molecule has 0 aliphatic carbocycles. The normalized spacial score (nSPS) is 19.6. The van der Waals surface area contributed by atoms with Crippen molar-refractivity contribution in [2.75, 3.05) is 6.61 Å². The lowest BCUT2D eigenvalue weighted by Crippen LogP contribution is -2.54. The first kappa shape index (κ1) is 14.1. The lowest BCUT2D eigenvalue weighted by molar-refractivity contribution is -0.146. The highest BCUT2D eigenvalue weighted by molar-refractivity contribution is 5.98. The molecule has 0 saturated heterocycles. The van der Waals surface area contributed by atoms with Crippen LogP contribution in [0.15, 0.2) is 54.6 Å². The summed E-state index contributed by atoms with van der Waals surface area (Å²) in [6, 6.07) is 15.5. The first-order valence-electron chi connectivity index (χ1n) is 6.97. The van der Waals surface area contributed by atoms with Gasteiger partial charge in [-0.25, -0.2) is 4.79 Å². The van der Waals surface area contributed by atoms with E-state index in [4.69, 9.17) is 4.74 Å². The van der Waals surface area contributed by atoms with Gasteiger partial charge in [0.1, 0.15) is 5.75 Å². The predicted molar refractivity (Wildman–Crippen MR) is 79.8 cm³/mol. The highest BCUT2D eigenvalue weighted by Gasteiger charge is 2.46. The summed E-state index contributed by atoms with van der Waals surface area (Å²) in [5.74, 6) is -1.02. The Labute approximate surface area is 127 Å². The molecular weight excluding hydrogens is 282 g/mol. The largest absolute Gasteiger partial charge is 0.493 e. The summed E-state index contributed by atoms with van der Waals surface area (Å²) in [5.41, 5.74) is -0.577. The molecule has 1 aliphatic rings. The smallest absolute Gasteiger partial charge is 0.334 e. The molecule has 1 amide bonds. The number of carboxylic acids is 1. The van der Waals surface area contributed by atoms with Gasteiger partial charge in [0.2, 0.25) is 0 Å². The Kier molecular flexibility index (Phi) is 3.55. The molecule has 3 rings (SSSR count). The molecule has 0 spiro atoms. The number of benzene rings is 2. The summed E-state index contributed by atoms with van der Waals surface area (Å²) in [4.78, 5) is 24.4. The van der Waals surface area contributed by atoms with E-state index in [-0.39, 0.29) is 13.0 Å². The third kappa shape index (κ3) is 2.30. The van der Waals surface area contributed by atoms with Crippen molar-refractivity contribution in [1.29, 1.82) is 0 Å². The third-order valence-electron chi connectivity index (χ3n) is 3.81. The van der Waals surface area contributed by atoms with E-state index in [1.165, 1.54) is 0 Å². The summed E-state index contributed by atoms with van der Waals surface area (Å²) in [7, 11) is 0. The lowest BCUT2D eigenvalue weighted by Gasteiger charge is -2.35. The Morgan fingerprint density at radius 3 is 2.45 bits per heavy atom. The molecule has 0 aromatic heterocycles. The number of hydrogen-bond donors (Lipinski definition) is 2. The molecule has 1 aliphatic heterocycles. The van der Waals surface area contributed by atoms with Crippen molar-refractivity contribution in [1.82, 2.24) is 5.32 Å². The summed E-state index contributed by atoms with van der Waals surface area (Å²) in [5, 5.41) is 12.4. The van der Waals surface area contributed by atoms with E-state index in [2.05, 4.69) is 5.32 Å². The number of hydrogen-bond acceptors (Lipinski definition) is 3. The Morgan fingerprint density at radius 1 is 1.05 bits per heavy atom. The van der Waals surface area contributed by atoms with Crippen LogP contribution in [0.25, 0.3) is 0 Å². The highest BCUT2D eigenvalue weighted by atomic mass is 16.5. The molecule has 0 bridgehead atoms. The van der Waals surface area contributed by atoms with Gasteiger partial charge in [-0.3, -0.25) is 4.79 Å². The van der Waals surface area contributed by atoms with E-state index in [9.17, 15) is 14.7 Å². The average Bonchev–Trinajstić information content (AvgIpc) is 2.55. The highest BCUT2D eigenvalue weighted by Crippen LogP contribution is 2.37. The number of rotatable bonds is 3. The molecule has 0 saturated carbocycles. The third-order valence-corrected chi connectivity index (χ3v) is 3.81. The SMILES string of the molecule is O=C(NC1(C(=O)O)CCOc2ccccc21)c1ccccc1. The van der Waals surface area contributed by atoms with Crippen LogP contribution in [0.4, 0.5) is 0 Å². The Hall–Kier alpha value is -2.82. The van der Waals surface area contributed by atoms with Gasteiger partial charge in [-0.2, -0.15) is 0 Å². The number of para-hydroxylation sites is 1. The maximum atomic E-state index is 12.4. The molecule has 5 nitrogen and oxygen atoms in total. The molecular formula is C17H15NO4. The fourth-order valence-corrected chi connectivity index (χ4v) is 2.65. The first-order valence-corrected chi connectivity index (χ1v) is 6.97. The second-order valence-corrected chi connectivity index (χ2v) is 5.13. The average molecular weight is 297 g/mol. The molecule has 112 valence electrons. The minimum absolute atomic E-state index is 0.178. The number of carbonyl (C=O) groups is 2. The van der Waals surface area contributed by atoms with Crippen LogP contribution >= 0.6 is 0 Å². The molecule has 0 radical (unpaired) electrons. The quantitative estimate of drug-likeness (QED) is 0.910. The van der Waals surface area contributed by atoms with Crippen LogP contribution in [0.1, 0.15) is 22.3 Å². The van der Waals surface area contributed by atoms with E-state index in [0.29, 0.717) is 16.9 Å². The molecule has 5 heteroatoms. The van der Waals surface area contributed by atoms with Crippen molar-refractivity contribution in [3.8, 4) is 5.75 Å². The van der Waals surface area contributed by atoms with Gasteiger partial charge in [-0.05, 0) is 18.2 Å². The van der Waals surface area contributed by atoms with Crippen molar-refractivity contribution in [2.24, 2.45) is 0 Å². The molecule has 2 aromatic rings. The number of ether oxygens (including phenoxy) is 1. The number of carbonyl (C=O) groups excluding carboxylic acids is 1. The fraction of sp³-hybridized carbons (Fsp3) is 0.176. The zero-order valence-corrected chi connectivity index (χ0v) is 11.8. The summed E-state index contributed by atoms with van der Waals surface area (Å²) in [6.45, 7) is 0.235. The van der Waals surface area contributed by atoms with Crippen LogP contribution in [0.2, 0.25) is 0 Å². The van der Waals surface area contributed by atoms with Crippen LogP contribution in [-0.2, 0) is 10.3 Å². The van der Waals surface area contributed by atoms with Gasteiger partial charge in [-0.15, -0.1) is 0 Å². The van der Waals surface area contributed by atoms with Crippen LogP contribution in [0, 0.1) is 0 Å². The Balaban J connectivity index is 2.01. The zero-order valence-electron chi connectivity index (χ0n) is 11.8. The number of aliphatic carboxylic acids is 1. The van der Waals surface area contributed by atoms with Gasteiger partial charge < -0.3 is 15.2 Å². The van der Waals surface area contributed by atoms with Crippen molar-refractivity contribution in [3.05, 3.63) is 65.7 Å². The number of carboxylic acid groups (broad SMARTS) is 1. The van der Waals surface area contributed by atoms with E-state index in [1.807, 2.05) is 0 Å². The molecule has 2 N–H and O–H groups in total. The van der Waals surface area contributed by atoms with Gasteiger partial charge in [0, 0.05) is 17.5 Å². The minimum atomic E-state index is -1.47. The van der Waals surface area contributed by atoms with E-state index < -0.39 is 17.4 Å². The fourth-order valence-electron chi connectivity index (χ4n) is 2.65. The van der Waals surface area contributed by atoms with Gasteiger partial charge in [0.15, 0.2) is 5.54 Å². The van der Waals surface area contributed by atoms with Gasteiger partial charge in [0.05, 0.1) is 6.61 Å². The van der Waals surface area contributed by atoms with Crippen molar-refractivity contribution >= 4 is 11.9 Å². The van der Waals surface area contributed by atoms with Crippen LogP contribution in [-0.4, -0.2) is 23.6 Å². The van der Waals surface area contributed by atoms with Crippen molar-refractivity contribution < 1.29 is 19.4 Å². The molecule has 1 heterocycles. The van der Waals surface area contributed by atoms with Gasteiger partial charge >= 0.3 is 5.97 Å². The topological polar surface area (TPSA) is 75.6 Å². The summed E-state index contributed by atoms with van der Waals surface area (Å²) in [6.07, 6.45) is 0.178. The van der Waals surface area contributed by atoms with E-state index in [0.717, 1.165) is 0 Å². The zero-order chi connectivity index (χ0) is 15.6. The van der Waals surface area contributed by atoms with Gasteiger partial charge in [0.25, 0.3) is 5.91 Å². The summed E-state index contributed by atoms with van der Waals surface area (Å²) < 4.78 is 5.50. The Bertz CT molecular complexity index is 714. The van der Waals surface area contributed by atoms with Crippen LogP contribution in [0.5, 0.6) is 5.75 Å². The van der Waals surface area contributed by atoms with E-state index in [1.54, 1.807) is 54.6 Å². The molecule has 2 aromatic carbocycles. The molecule has 1 atom stereocenters. The maximum absolute atomic E-state index is 12.4. The Morgan fingerprint density at radius 2 is 1.73 bits per heavy atom. The molecule has 0 fully saturated rings. The monoisotopic (exact) mass is 297 g/mol. The second-order valence-electron chi connectivity index (χ2n) is 5.13. The minimum Gasteiger partial charge on any atom is -0.493 e. The summed E-state index contributed by atoms with van der Waals surface area (Å²) >= 11 is 0. The van der Waals surface area contributed by atoms with Crippen LogP contribution in [0.3, 0.4) is 0 Å². The first-order chi connectivity index (χ1) is 10.6. The second kappa shape index (κ2) is 5.52. The predicted octanol–water partition coefficient (Wildman–Crippen LogP) is 2.18. The van der Waals surface area contributed by atoms with Crippen LogP contribution < -0.4 is 10.1 Å². The standard InChI is InChI=1S/C17H15NO4/c19-15(12-6-2-1-3-7-12)18-17(16(20)21)10-11-22-14-9-5-4-8-13(14)17/h1-9H,10-11H2,(H,18,19)(H,20,21). The number of fused-ring (bicyclic) bond motifs is 1. The van der Waals surface area contributed by atoms with Crippen molar-refractivity contribution in [2.45, 2.75) is 12.0 Å². The van der Waals surface area contributed by atoms with E-state index >= 15 is 0 Å². The molecule has 1 unspecified atom stereocenters. The van der Waals surface area contributed by atoms with Crippen molar-refractivity contribution in [3.63, 3.8) is 0 Å². The number of amides is 1.